The number of fused-ring (bicyclic) bond motifs is 1. The molecule has 0 saturated carbocycles. The fourth-order valence-corrected chi connectivity index (χ4v) is 2.65. The minimum Gasteiger partial charge on any atom is -0.496 e. The third kappa shape index (κ3) is 4.15. The first-order valence-electron chi connectivity index (χ1n) is 8.12. The molecule has 2 aromatic rings. The predicted molar refractivity (Wildman–Crippen MR) is 92.5 cm³/mol. The molecule has 6 nitrogen and oxygen atoms in total. The van der Waals surface area contributed by atoms with Gasteiger partial charge in [0.2, 0.25) is 0 Å². The van der Waals surface area contributed by atoms with E-state index in [4.69, 9.17) is 18.9 Å². The molecule has 25 heavy (non-hydrogen) atoms. The van der Waals surface area contributed by atoms with Crippen LogP contribution in [0.25, 0.3) is 0 Å². The zero-order valence-electron chi connectivity index (χ0n) is 14.3. The second kappa shape index (κ2) is 7.79. The highest BCUT2D eigenvalue weighted by Gasteiger charge is 2.15. The molecule has 3 rings (SSSR count). The molecule has 1 unspecified atom stereocenters. The van der Waals surface area contributed by atoms with Crippen molar-refractivity contribution in [1.82, 2.24) is 5.32 Å². The second-order valence-corrected chi connectivity index (χ2v) is 5.63. The minimum atomic E-state index is -0.215. The van der Waals surface area contributed by atoms with Gasteiger partial charge in [0.05, 0.1) is 13.2 Å². The molecule has 0 bridgehead atoms. The Labute approximate surface area is 146 Å². The molecule has 1 heterocycles. The number of carbonyl (C=O) groups is 1. The Balaban J connectivity index is 1.56. The third-order valence-corrected chi connectivity index (χ3v) is 3.87. The molecule has 1 aliphatic rings. The number of benzene rings is 2. The summed E-state index contributed by atoms with van der Waals surface area (Å²) in [7, 11) is 1.61. The number of hydrogen-bond donors (Lipinski definition) is 1. The smallest absolute Gasteiger partial charge is 0.258 e. The van der Waals surface area contributed by atoms with Crippen LogP contribution in [0.3, 0.4) is 0 Å². The van der Waals surface area contributed by atoms with Crippen molar-refractivity contribution in [3.8, 4) is 23.0 Å². The minimum absolute atomic E-state index is 0.0842. The van der Waals surface area contributed by atoms with Crippen LogP contribution in [0.1, 0.15) is 18.5 Å². The van der Waals surface area contributed by atoms with Gasteiger partial charge in [0, 0.05) is 11.6 Å². The van der Waals surface area contributed by atoms with Gasteiger partial charge in [-0.1, -0.05) is 18.2 Å². The van der Waals surface area contributed by atoms with E-state index in [9.17, 15) is 4.79 Å². The van der Waals surface area contributed by atoms with Gasteiger partial charge >= 0.3 is 0 Å². The summed E-state index contributed by atoms with van der Waals surface area (Å²) in [5.74, 6) is 2.40. The molecule has 132 valence electrons. The number of rotatable bonds is 6. The fourth-order valence-electron chi connectivity index (χ4n) is 2.65. The molecule has 1 amide bonds. The average Bonchev–Trinajstić information content (AvgIpc) is 2.66. The highest BCUT2D eigenvalue weighted by atomic mass is 16.6. The topological polar surface area (TPSA) is 66.0 Å². The van der Waals surface area contributed by atoms with Crippen LogP contribution in [0.15, 0.2) is 42.5 Å². The van der Waals surface area contributed by atoms with Crippen LogP contribution in [-0.2, 0) is 4.79 Å². The lowest BCUT2D eigenvalue weighted by Crippen LogP contribution is -2.31. The largest absolute Gasteiger partial charge is 0.496 e. The Morgan fingerprint density at radius 3 is 2.72 bits per heavy atom. The zero-order valence-corrected chi connectivity index (χ0v) is 14.3. The molecule has 0 saturated heterocycles. The normalized spacial score (nSPS) is 13.7. The van der Waals surface area contributed by atoms with Gasteiger partial charge in [0.15, 0.2) is 18.1 Å². The van der Waals surface area contributed by atoms with E-state index >= 15 is 0 Å². The predicted octanol–water partition coefficient (Wildman–Crippen LogP) is 2.72. The van der Waals surface area contributed by atoms with Crippen LogP contribution < -0.4 is 24.3 Å². The summed E-state index contributed by atoms with van der Waals surface area (Å²) in [5.41, 5.74) is 0.915. The van der Waals surface area contributed by atoms with Crippen molar-refractivity contribution in [2.75, 3.05) is 26.9 Å². The van der Waals surface area contributed by atoms with Crippen LogP contribution >= 0.6 is 0 Å². The van der Waals surface area contributed by atoms with Crippen LogP contribution in [0, 0.1) is 0 Å². The second-order valence-electron chi connectivity index (χ2n) is 5.63. The monoisotopic (exact) mass is 343 g/mol. The first kappa shape index (κ1) is 17.0. The van der Waals surface area contributed by atoms with Gasteiger partial charge in [-0.2, -0.15) is 0 Å². The zero-order chi connectivity index (χ0) is 17.6. The Kier molecular flexibility index (Phi) is 5.28. The molecular weight excluding hydrogens is 322 g/mol. The number of carbonyl (C=O) groups excluding carboxylic acids is 1. The Morgan fingerprint density at radius 2 is 1.92 bits per heavy atom. The maximum atomic E-state index is 12.2. The van der Waals surface area contributed by atoms with Crippen LogP contribution in [0.5, 0.6) is 23.0 Å². The third-order valence-electron chi connectivity index (χ3n) is 3.87. The summed E-state index contributed by atoms with van der Waals surface area (Å²) in [6, 6.07) is 12.7. The molecule has 2 aromatic carbocycles. The molecule has 0 spiro atoms. The molecular formula is C19H21NO5. The van der Waals surface area contributed by atoms with E-state index in [0.29, 0.717) is 30.5 Å². The molecule has 0 radical (unpaired) electrons. The van der Waals surface area contributed by atoms with Crippen molar-refractivity contribution in [2.24, 2.45) is 0 Å². The summed E-state index contributed by atoms with van der Waals surface area (Å²) >= 11 is 0. The SMILES string of the molecule is COc1ccccc1C(C)NC(=O)COc1ccc2c(c1)OCCO2. The molecule has 0 aliphatic carbocycles. The summed E-state index contributed by atoms with van der Waals surface area (Å²) in [5, 5.41) is 2.90. The number of nitrogens with one attached hydrogen (secondary N) is 1. The lowest BCUT2D eigenvalue weighted by molar-refractivity contribution is -0.123. The maximum absolute atomic E-state index is 12.2. The quantitative estimate of drug-likeness (QED) is 0.874. The summed E-state index contributed by atoms with van der Waals surface area (Å²) < 4.78 is 21.8. The molecule has 1 aliphatic heterocycles. The van der Waals surface area contributed by atoms with Gasteiger partial charge < -0.3 is 24.3 Å². The van der Waals surface area contributed by atoms with Crippen molar-refractivity contribution in [2.45, 2.75) is 13.0 Å². The van der Waals surface area contributed by atoms with Gasteiger partial charge in [-0.3, -0.25) is 4.79 Å². The van der Waals surface area contributed by atoms with Crippen LogP contribution in [0.2, 0.25) is 0 Å². The van der Waals surface area contributed by atoms with E-state index in [2.05, 4.69) is 5.32 Å². The number of amides is 1. The van der Waals surface area contributed by atoms with E-state index in [-0.39, 0.29) is 18.6 Å². The standard InChI is InChI=1S/C19H21NO5/c1-13(15-5-3-4-6-16(15)22-2)20-19(21)12-25-14-7-8-17-18(11-14)24-10-9-23-17/h3-8,11,13H,9-10,12H2,1-2H3,(H,20,21). The average molecular weight is 343 g/mol. The Hall–Kier alpha value is -2.89. The fraction of sp³-hybridized carbons (Fsp3) is 0.316. The van der Waals surface area contributed by atoms with Crippen LogP contribution in [0.4, 0.5) is 0 Å². The van der Waals surface area contributed by atoms with Gasteiger partial charge in [-0.15, -0.1) is 0 Å². The molecule has 0 aromatic heterocycles. The van der Waals surface area contributed by atoms with E-state index in [1.165, 1.54) is 0 Å². The maximum Gasteiger partial charge on any atom is 0.258 e. The summed E-state index contributed by atoms with van der Waals surface area (Å²) in [6.45, 7) is 2.86. The van der Waals surface area contributed by atoms with Gasteiger partial charge in [0.1, 0.15) is 24.7 Å². The van der Waals surface area contributed by atoms with Crippen molar-refractivity contribution < 1.29 is 23.7 Å². The van der Waals surface area contributed by atoms with E-state index in [1.54, 1.807) is 25.3 Å². The number of para-hydroxylation sites is 1. The summed E-state index contributed by atoms with van der Waals surface area (Å²) in [4.78, 5) is 12.2. The molecule has 6 heteroatoms. The van der Waals surface area contributed by atoms with Crippen molar-refractivity contribution in [3.63, 3.8) is 0 Å². The number of methoxy groups -OCH3 is 1. The first-order chi connectivity index (χ1) is 12.2. The number of hydrogen-bond acceptors (Lipinski definition) is 5. The van der Waals surface area contributed by atoms with Crippen molar-refractivity contribution >= 4 is 5.91 Å². The van der Waals surface area contributed by atoms with E-state index in [1.807, 2.05) is 31.2 Å². The van der Waals surface area contributed by atoms with E-state index in [0.717, 1.165) is 11.3 Å². The van der Waals surface area contributed by atoms with Gasteiger partial charge in [-0.25, -0.2) is 0 Å². The molecule has 1 N–H and O–H groups in total. The Bertz CT molecular complexity index is 746. The highest BCUT2D eigenvalue weighted by Crippen LogP contribution is 2.33. The Morgan fingerprint density at radius 1 is 1.16 bits per heavy atom. The lowest BCUT2D eigenvalue weighted by Gasteiger charge is -2.19. The van der Waals surface area contributed by atoms with Crippen molar-refractivity contribution in [1.29, 1.82) is 0 Å². The summed E-state index contributed by atoms with van der Waals surface area (Å²) in [6.07, 6.45) is 0. The van der Waals surface area contributed by atoms with Crippen molar-refractivity contribution in [3.05, 3.63) is 48.0 Å². The highest BCUT2D eigenvalue weighted by molar-refractivity contribution is 5.78. The van der Waals surface area contributed by atoms with Crippen LogP contribution in [-0.4, -0.2) is 32.8 Å². The molecule has 0 fully saturated rings. The van der Waals surface area contributed by atoms with Gasteiger partial charge in [-0.05, 0) is 25.1 Å². The number of ether oxygens (including phenoxy) is 4. The van der Waals surface area contributed by atoms with E-state index < -0.39 is 0 Å². The first-order valence-corrected chi connectivity index (χ1v) is 8.12. The molecule has 1 atom stereocenters. The van der Waals surface area contributed by atoms with Gasteiger partial charge in [0.25, 0.3) is 5.91 Å². The lowest BCUT2D eigenvalue weighted by atomic mass is 10.1.